The largest absolute Gasteiger partial charge is 0.309 e. The SMILES string of the molecule is CNC(C=O)C(c1ccc(Cl)cc1)N1CC=C(c2cccc(-c3ccccc3)c2)CC1. The Balaban J connectivity index is 1.57. The lowest BCUT2D eigenvalue weighted by atomic mass is 9.92. The molecule has 1 heterocycles. The van der Waals surface area contributed by atoms with Crippen molar-refractivity contribution in [3.63, 3.8) is 0 Å². The van der Waals surface area contributed by atoms with Gasteiger partial charge in [0, 0.05) is 18.1 Å². The summed E-state index contributed by atoms with van der Waals surface area (Å²) in [4.78, 5) is 14.2. The average Bonchev–Trinajstić information content (AvgIpc) is 2.84. The van der Waals surface area contributed by atoms with E-state index in [1.807, 2.05) is 37.4 Å². The molecule has 0 fully saturated rings. The predicted octanol–water partition coefficient (Wildman–Crippen LogP) is 5.62. The quantitative estimate of drug-likeness (QED) is 0.493. The number of nitrogens with one attached hydrogen (secondary N) is 1. The summed E-state index contributed by atoms with van der Waals surface area (Å²) in [5, 5.41) is 3.87. The highest BCUT2D eigenvalue weighted by Crippen LogP contribution is 2.32. The van der Waals surface area contributed by atoms with E-state index >= 15 is 0 Å². The van der Waals surface area contributed by atoms with Crippen molar-refractivity contribution >= 4 is 23.5 Å². The lowest BCUT2D eigenvalue weighted by Crippen LogP contribution is -2.45. The van der Waals surface area contributed by atoms with Crippen molar-refractivity contribution in [2.24, 2.45) is 0 Å². The van der Waals surface area contributed by atoms with Crippen LogP contribution in [-0.4, -0.2) is 37.4 Å². The number of hydrogen-bond acceptors (Lipinski definition) is 3. The van der Waals surface area contributed by atoms with Crippen LogP contribution in [0, 0.1) is 0 Å². The van der Waals surface area contributed by atoms with E-state index < -0.39 is 0 Å². The molecule has 3 aromatic rings. The van der Waals surface area contributed by atoms with Crippen LogP contribution in [-0.2, 0) is 4.79 Å². The second kappa shape index (κ2) is 10.1. The van der Waals surface area contributed by atoms with Crippen LogP contribution in [0.5, 0.6) is 0 Å². The zero-order valence-corrected chi connectivity index (χ0v) is 18.4. The molecule has 0 amide bonds. The minimum Gasteiger partial charge on any atom is -0.309 e. The standard InChI is InChI=1S/C27H27ClN2O/c1-29-26(19-31)27(22-10-12-25(28)13-11-22)30-16-14-21(15-17-30)24-9-5-8-23(18-24)20-6-3-2-4-7-20/h2-14,18-19,26-27,29H,15-17H2,1H3. The molecule has 0 saturated heterocycles. The molecule has 2 atom stereocenters. The van der Waals surface area contributed by atoms with E-state index in [-0.39, 0.29) is 12.1 Å². The molecular formula is C27H27ClN2O. The summed E-state index contributed by atoms with van der Waals surface area (Å²) in [6.45, 7) is 1.69. The summed E-state index contributed by atoms with van der Waals surface area (Å²) in [5.74, 6) is 0. The molecule has 0 radical (unpaired) electrons. The van der Waals surface area contributed by atoms with Crippen molar-refractivity contribution in [3.05, 3.63) is 101 Å². The van der Waals surface area contributed by atoms with E-state index in [1.165, 1.54) is 22.3 Å². The van der Waals surface area contributed by atoms with Gasteiger partial charge in [-0.25, -0.2) is 0 Å². The molecule has 2 unspecified atom stereocenters. The molecule has 0 spiro atoms. The van der Waals surface area contributed by atoms with Gasteiger partial charge in [0.1, 0.15) is 6.29 Å². The topological polar surface area (TPSA) is 32.3 Å². The number of carbonyl (C=O) groups is 1. The molecule has 1 N–H and O–H groups in total. The molecule has 4 heteroatoms. The Morgan fingerprint density at radius 1 is 0.935 bits per heavy atom. The Morgan fingerprint density at radius 3 is 2.29 bits per heavy atom. The average molecular weight is 431 g/mol. The number of nitrogens with zero attached hydrogens (tertiary/aromatic N) is 1. The summed E-state index contributed by atoms with van der Waals surface area (Å²) >= 11 is 6.09. The third-order valence-electron chi connectivity index (χ3n) is 6.01. The van der Waals surface area contributed by atoms with E-state index in [1.54, 1.807) is 0 Å². The van der Waals surface area contributed by atoms with E-state index in [0.717, 1.165) is 31.4 Å². The van der Waals surface area contributed by atoms with E-state index in [4.69, 9.17) is 11.6 Å². The van der Waals surface area contributed by atoms with Gasteiger partial charge in [-0.3, -0.25) is 4.90 Å². The van der Waals surface area contributed by atoms with Crippen molar-refractivity contribution in [2.75, 3.05) is 20.1 Å². The number of halogens is 1. The van der Waals surface area contributed by atoms with Crippen molar-refractivity contribution in [1.82, 2.24) is 10.2 Å². The minimum absolute atomic E-state index is 0.0341. The molecule has 0 aliphatic carbocycles. The third kappa shape index (κ3) is 4.96. The Labute approximate surface area is 189 Å². The molecule has 3 nitrogen and oxygen atoms in total. The number of benzene rings is 3. The summed E-state index contributed by atoms with van der Waals surface area (Å²) in [6, 6.07) is 26.7. The fourth-order valence-corrected chi connectivity index (χ4v) is 4.46. The molecule has 0 bridgehead atoms. The van der Waals surface area contributed by atoms with Gasteiger partial charge in [0.2, 0.25) is 0 Å². The van der Waals surface area contributed by atoms with Gasteiger partial charge in [-0.05, 0) is 59.5 Å². The predicted molar refractivity (Wildman–Crippen MR) is 129 cm³/mol. The molecular weight excluding hydrogens is 404 g/mol. The molecule has 4 rings (SSSR count). The van der Waals surface area contributed by atoms with Crippen LogP contribution in [0.15, 0.2) is 84.9 Å². The van der Waals surface area contributed by atoms with Gasteiger partial charge in [-0.1, -0.05) is 78.3 Å². The van der Waals surface area contributed by atoms with Gasteiger partial charge in [0.15, 0.2) is 0 Å². The Bertz CT molecular complexity index is 1050. The van der Waals surface area contributed by atoms with Gasteiger partial charge in [-0.15, -0.1) is 0 Å². The molecule has 0 saturated carbocycles. The van der Waals surface area contributed by atoms with Gasteiger partial charge in [0.05, 0.1) is 12.1 Å². The van der Waals surface area contributed by atoms with Crippen LogP contribution < -0.4 is 5.32 Å². The first-order valence-electron chi connectivity index (χ1n) is 10.7. The number of likely N-dealkylation sites (N-methyl/N-ethyl adjacent to an activating group) is 1. The Morgan fingerprint density at radius 2 is 1.65 bits per heavy atom. The minimum atomic E-state index is -0.280. The van der Waals surface area contributed by atoms with E-state index in [0.29, 0.717) is 5.02 Å². The number of rotatable bonds is 7. The fourth-order valence-electron chi connectivity index (χ4n) is 4.33. The van der Waals surface area contributed by atoms with Crippen LogP contribution in [0.4, 0.5) is 0 Å². The normalized spacial score (nSPS) is 16.4. The van der Waals surface area contributed by atoms with Crippen molar-refractivity contribution in [2.45, 2.75) is 18.5 Å². The number of aldehydes is 1. The van der Waals surface area contributed by atoms with Crippen molar-refractivity contribution < 1.29 is 4.79 Å². The second-order valence-electron chi connectivity index (χ2n) is 7.87. The zero-order chi connectivity index (χ0) is 21.6. The Hall–Kier alpha value is -2.72. The lowest BCUT2D eigenvalue weighted by Gasteiger charge is -2.37. The van der Waals surface area contributed by atoms with E-state index in [9.17, 15) is 4.79 Å². The summed E-state index contributed by atoms with van der Waals surface area (Å²) in [7, 11) is 1.84. The van der Waals surface area contributed by atoms with Gasteiger partial charge in [0.25, 0.3) is 0 Å². The molecule has 1 aliphatic rings. The Kier molecular flexibility index (Phi) is 6.98. The van der Waals surface area contributed by atoms with E-state index in [2.05, 4.69) is 64.8 Å². The van der Waals surface area contributed by atoms with Crippen LogP contribution in [0.2, 0.25) is 5.02 Å². The maximum absolute atomic E-state index is 11.8. The second-order valence-corrected chi connectivity index (χ2v) is 8.30. The third-order valence-corrected chi connectivity index (χ3v) is 6.26. The van der Waals surface area contributed by atoms with Gasteiger partial charge < -0.3 is 10.1 Å². The van der Waals surface area contributed by atoms with Crippen LogP contribution >= 0.6 is 11.6 Å². The van der Waals surface area contributed by atoms with Gasteiger partial charge >= 0.3 is 0 Å². The van der Waals surface area contributed by atoms with Crippen molar-refractivity contribution in [1.29, 1.82) is 0 Å². The molecule has 3 aromatic carbocycles. The first-order chi connectivity index (χ1) is 15.2. The first kappa shape index (κ1) is 21.5. The molecule has 158 valence electrons. The highest BCUT2D eigenvalue weighted by Gasteiger charge is 2.29. The maximum atomic E-state index is 11.8. The maximum Gasteiger partial charge on any atom is 0.138 e. The fraction of sp³-hybridized carbons (Fsp3) is 0.222. The van der Waals surface area contributed by atoms with Gasteiger partial charge in [-0.2, -0.15) is 0 Å². The molecule has 0 aromatic heterocycles. The number of carbonyl (C=O) groups excluding carboxylic acids is 1. The highest BCUT2D eigenvalue weighted by molar-refractivity contribution is 6.30. The van der Waals surface area contributed by atoms with Crippen LogP contribution in [0.1, 0.15) is 23.6 Å². The summed E-state index contributed by atoms with van der Waals surface area (Å²) in [6.07, 6.45) is 4.24. The summed E-state index contributed by atoms with van der Waals surface area (Å²) in [5.41, 5.74) is 6.18. The molecule has 1 aliphatic heterocycles. The summed E-state index contributed by atoms with van der Waals surface area (Å²) < 4.78 is 0. The lowest BCUT2D eigenvalue weighted by molar-refractivity contribution is -0.111. The monoisotopic (exact) mass is 430 g/mol. The number of hydrogen-bond donors (Lipinski definition) is 1. The van der Waals surface area contributed by atoms with Crippen LogP contribution in [0.25, 0.3) is 16.7 Å². The zero-order valence-electron chi connectivity index (χ0n) is 17.7. The van der Waals surface area contributed by atoms with Crippen molar-refractivity contribution in [3.8, 4) is 11.1 Å². The first-order valence-corrected chi connectivity index (χ1v) is 11.0. The highest BCUT2D eigenvalue weighted by atomic mass is 35.5. The van der Waals surface area contributed by atoms with Crippen LogP contribution in [0.3, 0.4) is 0 Å². The smallest absolute Gasteiger partial charge is 0.138 e. The molecule has 31 heavy (non-hydrogen) atoms.